The van der Waals surface area contributed by atoms with Crippen LogP contribution in [0.1, 0.15) is 5.69 Å². The average molecular weight is 182 g/mol. The molecule has 0 unspecified atom stereocenters. The van der Waals surface area contributed by atoms with Crippen LogP contribution in [0, 0.1) is 11.8 Å². The predicted octanol–water partition coefficient (Wildman–Crippen LogP) is 0.263. The van der Waals surface area contributed by atoms with Crippen molar-refractivity contribution in [3.05, 3.63) is 17.0 Å². The van der Waals surface area contributed by atoms with E-state index in [4.69, 9.17) is 17.3 Å². The van der Waals surface area contributed by atoms with E-state index in [2.05, 4.69) is 21.8 Å². The van der Waals surface area contributed by atoms with Gasteiger partial charge in [0.25, 0.3) is 0 Å². The zero-order valence-corrected chi connectivity index (χ0v) is 6.67. The van der Waals surface area contributed by atoms with Crippen molar-refractivity contribution in [2.75, 3.05) is 5.73 Å². The molecule has 60 valence electrons. The maximum atomic E-state index is 9.87. The van der Waals surface area contributed by atoms with Crippen LogP contribution in [0.5, 0.6) is 0 Å². The van der Waals surface area contributed by atoms with Gasteiger partial charge in [-0.25, -0.2) is 9.97 Å². The average Bonchev–Trinajstić information content (AvgIpc) is 2.03. The number of nitrogens with zero attached hydrogens (tertiary/aromatic N) is 2. The van der Waals surface area contributed by atoms with Crippen LogP contribution in [0.2, 0.25) is 5.15 Å². The number of rotatable bonds is 0. The Morgan fingerprint density at radius 2 is 2.42 bits per heavy atom. The van der Waals surface area contributed by atoms with E-state index in [-0.39, 0.29) is 16.7 Å². The van der Waals surface area contributed by atoms with Crippen LogP contribution in [-0.2, 0) is 4.79 Å². The van der Waals surface area contributed by atoms with Gasteiger partial charge in [-0.05, 0) is 11.8 Å². The number of hydrogen-bond donors (Lipinski definition) is 1. The van der Waals surface area contributed by atoms with E-state index in [1.807, 2.05) is 0 Å². The smallest absolute Gasteiger partial charge is 0.193 e. The van der Waals surface area contributed by atoms with Crippen LogP contribution in [-0.4, -0.2) is 16.3 Å². The number of anilines is 1. The maximum Gasteiger partial charge on any atom is 0.193 e. The maximum absolute atomic E-state index is 9.87. The van der Waals surface area contributed by atoms with Gasteiger partial charge in [0.05, 0.1) is 6.20 Å². The molecule has 0 saturated heterocycles. The molecule has 0 fully saturated rings. The lowest BCUT2D eigenvalue weighted by molar-refractivity contribution is -0.103. The molecule has 0 bridgehead atoms. The van der Waals surface area contributed by atoms with Crippen molar-refractivity contribution in [1.82, 2.24) is 9.97 Å². The lowest BCUT2D eigenvalue weighted by Crippen LogP contribution is -1.97. The second-order valence-electron chi connectivity index (χ2n) is 1.81. The molecule has 12 heavy (non-hydrogen) atoms. The number of carbonyl (C=O) groups excluding carboxylic acids is 1. The molecule has 1 aromatic rings. The number of halogens is 1. The molecule has 0 aromatic carbocycles. The fourth-order valence-corrected chi connectivity index (χ4v) is 0.715. The van der Waals surface area contributed by atoms with Crippen LogP contribution in [0.15, 0.2) is 6.20 Å². The predicted molar refractivity (Wildman–Crippen MR) is 44.4 cm³/mol. The van der Waals surface area contributed by atoms with Gasteiger partial charge in [-0.1, -0.05) is 11.6 Å². The van der Waals surface area contributed by atoms with Crippen molar-refractivity contribution in [1.29, 1.82) is 0 Å². The van der Waals surface area contributed by atoms with Gasteiger partial charge in [0.1, 0.15) is 5.15 Å². The monoisotopic (exact) mass is 181 g/mol. The molecule has 0 saturated carbocycles. The van der Waals surface area contributed by atoms with Crippen LogP contribution in [0.4, 0.5) is 5.82 Å². The largest absolute Gasteiger partial charge is 0.381 e. The van der Waals surface area contributed by atoms with Gasteiger partial charge < -0.3 is 5.73 Å². The molecule has 0 radical (unpaired) electrons. The molecule has 0 aliphatic rings. The molecule has 0 aliphatic heterocycles. The standard InChI is InChI=1S/C7H4ClN3O/c8-6-4-10-5(2-1-3-12)7(9)11-6/h3-4H,(H2,9,11). The number of nitrogen functional groups attached to an aromatic ring is 1. The van der Waals surface area contributed by atoms with E-state index in [0.717, 1.165) is 0 Å². The molecule has 1 aromatic heterocycles. The normalized spacial score (nSPS) is 8.42. The number of hydrogen-bond acceptors (Lipinski definition) is 4. The molecule has 0 aliphatic carbocycles. The van der Waals surface area contributed by atoms with E-state index in [1.54, 1.807) is 0 Å². The van der Waals surface area contributed by atoms with Gasteiger partial charge in [0.2, 0.25) is 0 Å². The summed E-state index contributed by atoms with van der Waals surface area (Å²) in [6.07, 6.45) is 1.77. The third kappa shape index (κ3) is 1.94. The summed E-state index contributed by atoms with van der Waals surface area (Å²) in [4.78, 5) is 17.3. The summed E-state index contributed by atoms with van der Waals surface area (Å²) in [7, 11) is 0. The Balaban J connectivity index is 3.09. The molecule has 1 rings (SSSR count). The van der Waals surface area contributed by atoms with Gasteiger partial charge in [-0.15, -0.1) is 0 Å². The van der Waals surface area contributed by atoms with E-state index >= 15 is 0 Å². The number of carbonyl (C=O) groups is 1. The SMILES string of the molecule is Nc1nc(Cl)cnc1C#CC=O. The number of aromatic nitrogens is 2. The summed E-state index contributed by atoms with van der Waals surface area (Å²) in [5.74, 6) is 4.71. The van der Waals surface area contributed by atoms with Crippen LogP contribution < -0.4 is 5.73 Å². The first-order valence-corrected chi connectivity index (χ1v) is 3.35. The Morgan fingerprint density at radius 1 is 1.67 bits per heavy atom. The van der Waals surface area contributed by atoms with Crippen molar-refractivity contribution in [2.24, 2.45) is 0 Å². The highest BCUT2D eigenvalue weighted by Gasteiger charge is 1.98. The highest BCUT2D eigenvalue weighted by molar-refractivity contribution is 6.29. The Bertz CT molecular complexity index is 367. The molecule has 5 heteroatoms. The highest BCUT2D eigenvalue weighted by atomic mass is 35.5. The third-order valence-electron chi connectivity index (χ3n) is 1.02. The summed E-state index contributed by atoms with van der Waals surface area (Å²) in [5, 5.41) is 0.198. The van der Waals surface area contributed by atoms with Crippen molar-refractivity contribution < 1.29 is 4.79 Å². The van der Waals surface area contributed by atoms with Gasteiger partial charge in [-0.3, -0.25) is 4.79 Å². The van der Waals surface area contributed by atoms with Crippen LogP contribution >= 0.6 is 11.6 Å². The van der Waals surface area contributed by atoms with Crippen molar-refractivity contribution in [3.8, 4) is 11.8 Å². The molecule has 0 atom stereocenters. The summed E-state index contributed by atoms with van der Waals surface area (Å²) in [6, 6.07) is 0. The minimum Gasteiger partial charge on any atom is -0.381 e. The van der Waals surface area contributed by atoms with Gasteiger partial charge in [-0.2, -0.15) is 0 Å². The van der Waals surface area contributed by atoms with E-state index in [9.17, 15) is 4.79 Å². The fraction of sp³-hybridized carbons (Fsp3) is 0. The lowest BCUT2D eigenvalue weighted by atomic mass is 10.4. The second kappa shape index (κ2) is 3.69. The number of nitrogens with two attached hydrogens (primary N) is 1. The van der Waals surface area contributed by atoms with Gasteiger partial charge in [0.15, 0.2) is 17.8 Å². The quantitative estimate of drug-likeness (QED) is 0.461. The first kappa shape index (κ1) is 8.50. The topological polar surface area (TPSA) is 68.9 Å². The van der Waals surface area contributed by atoms with Crippen molar-refractivity contribution in [3.63, 3.8) is 0 Å². The fourth-order valence-electron chi connectivity index (χ4n) is 0.575. The lowest BCUT2D eigenvalue weighted by Gasteiger charge is -1.94. The molecular weight excluding hydrogens is 178 g/mol. The van der Waals surface area contributed by atoms with Crippen molar-refractivity contribution >= 4 is 23.7 Å². The Labute approximate surface area is 73.8 Å². The first-order valence-electron chi connectivity index (χ1n) is 2.97. The van der Waals surface area contributed by atoms with E-state index in [1.165, 1.54) is 6.20 Å². The number of aldehydes is 1. The Morgan fingerprint density at radius 3 is 3.00 bits per heavy atom. The highest BCUT2D eigenvalue weighted by Crippen LogP contribution is 2.07. The van der Waals surface area contributed by atoms with Gasteiger partial charge >= 0.3 is 0 Å². The zero-order valence-electron chi connectivity index (χ0n) is 5.91. The molecule has 1 heterocycles. The summed E-state index contributed by atoms with van der Waals surface area (Å²) in [5.41, 5.74) is 5.64. The van der Waals surface area contributed by atoms with E-state index in [0.29, 0.717) is 6.29 Å². The summed E-state index contributed by atoms with van der Waals surface area (Å²) >= 11 is 5.48. The molecule has 0 spiro atoms. The van der Waals surface area contributed by atoms with Crippen molar-refractivity contribution in [2.45, 2.75) is 0 Å². The van der Waals surface area contributed by atoms with Crippen LogP contribution in [0.25, 0.3) is 0 Å². The molecule has 0 amide bonds. The van der Waals surface area contributed by atoms with Crippen LogP contribution in [0.3, 0.4) is 0 Å². The minimum absolute atomic E-state index is 0.122. The van der Waals surface area contributed by atoms with Gasteiger partial charge in [0, 0.05) is 0 Å². The summed E-state index contributed by atoms with van der Waals surface area (Å²) < 4.78 is 0. The Kier molecular flexibility index (Phi) is 2.62. The second-order valence-corrected chi connectivity index (χ2v) is 2.20. The molecule has 4 nitrogen and oxygen atoms in total. The summed E-state index contributed by atoms with van der Waals surface area (Å²) in [6.45, 7) is 0. The van der Waals surface area contributed by atoms with E-state index < -0.39 is 0 Å². The first-order chi connectivity index (χ1) is 5.74. The zero-order chi connectivity index (χ0) is 8.97. The third-order valence-corrected chi connectivity index (χ3v) is 1.20. The molecule has 2 N–H and O–H groups in total. The Hall–Kier alpha value is -1.60. The minimum atomic E-state index is 0.122. The molecular formula is C7H4ClN3O.